The van der Waals surface area contributed by atoms with E-state index in [0.29, 0.717) is 59.2 Å². The Bertz CT molecular complexity index is 641. The predicted molar refractivity (Wildman–Crippen MR) is 118 cm³/mol. The molecule has 0 aliphatic carbocycles. The van der Waals surface area contributed by atoms with Crippen LogP contribution in [0.4, 0.5) is 4.79 Å². The minimum absolute atomic E-state index is 0.0933. The first-order valence-electron chi connectivity index (χ1n) is 10.3. The summed E-state index contributed by atoms with van der Waals surface area (Å²) in [5.41, 5.74) is 0. The quantitative estimate of drug-likeness (QED) is 0.187. The third kappa shape index (κ3) is 8.39. The van der Waals surface area contributed by atoms with Crippen LogP contribution in [0.25, 0.3) is 0 Å². The zero-order chi connectivity index (χ0) is 22.5. The maximum atomic E-state index is 14.3. The van der Waals surface area contributed by atoms with Crippen LogP contribution >= 0.6 is 19.2 Å². The molecule has 0 N–H and O–H groups in total. The highest BCUT2D eigenvalue weighted by atomic mass is 32.2. The van der Waals surface area contributed by atoms with Crippen molar-refractivity contribution >= 4 is 30.4 Å². The van der Waals surface area contributed by atoms with Crippen LogP contribution in [0.5, 0.6) is 0 Å². The van der Waals surface area contributed by atoms with E-state index in [0.717, 1.165) is 11.8 Å². The first-order valence-corrected chi connectivity index (χ1v) is 13.1. The van der Waals surface area contributed by atoms with Crippen LogP contribution in [-0.4, -0.2) is 116 Å². The smallest absolute Gasteiger partial charge is 0.325 e. The summed E-state index contributed by atoms with van der Waals surface area (Å²) < 4.78 is 39.3. The Labute approximate surface area is 188 Å². The average Bonchev–Trinajstić information content (AvgIpc) is 2.81. The standard InChI is InChI=1S/C19H32N3O7PS/c1-3-15-31-19(24)20(16-18(23)29-14-13-26-4-2)17-30(25,21-5-9-27-10-6-21)22-7-11-28-12-8-22/h1H,4-17H2,2H3. The number of rotatable bonds is 11. The highest BCUT2D eigenvalue weighted by Crippen LogP contribution is 2.54. The molecule has 12 heteroatoms. The fourth-order valence-electron chi connectivity index (χ4n) is 3.24. The molecule has 0 aromatic carbocycles. The van der Waals surface area contributed by atoms with Crippen molar-refractivity contribution in [3.8, 4) is 12.3 Å². The molecule has 2 heterocycles. The Hall–Kier alpha value is -1.12. The summed E-state index contributed by atoms with van der Waals surface area (Å²) in [4.78, 5) is 26.5. The van der Waals surface area contributed by atoms with Gasteiger partial charge >= 0.3 is 5.97 Å². The maximum absolute atomic E-state index is 14.3. The van der Waals surface area contributed by atoms with E-state index in [9.17, 15) is 14.2 Å². The predicted octanol–water partition coefficient (Wildman–Crippen LogP) is 1.17. The SMILES string of the molecule is C#CCSC(=O)N(CC(=O)OCCOCC)CP(=O)(N1CCOCC1)N1CCOCC1. The molecule has 31 heavy (non-hydrogen) atoms. The number of thioether (sulfide) groups is 1. The number of ether oxygens (including phenoxy) is 4. The number of amides is 1. The van der Waals surface area contributed by atoms with Crippen molar-refractivity contribution in [3.05, 3.63) is 0 Å². The molecule has 0 saturated carbocycles. The van der Waals surface area contributed by atoms with Crippen molar-refractivity contribution in [1.29, 1.82) is 0 Å². The lowest BCUT2D eigenvalue weighted by atomic mass is 10.5. The molecule has 0 unspecified atom stereocenters. The molecular formula is C19H32N3O7PS. The molecule has 10 nitrogen and oxygen atoms in total. The average molecular weight is 478 g/mol. The highest BCUT2D eigenvalue weighted by Gasteiger charge is 2.41. The molecule has 0 aromatic rings. The van der Waals surface area contributed by atoms with E-state index in [4.69, 9.17) is 25.4 Å². The molecule has 2 aliphatic heterocycles. The van der Waals surface area contributed by atoms with E-state index >= 15 is 0 Å². The van der Waals surface area contributed by atoms with Crippen LogP contribution in [0.15, 0.2) is 0 Å². The van der Waals surface area contributed by atoms with Gasteiger partial charge in [0.25, 0.3) is 5.24 Å². The van der Waals surface area contributed by atoms with Crippen LogP contribution in [0.2, 0.25) is 0 Å². The molecule has 1 amide bonds. The number of terminal acetylenes is 1. The molecular weight excluding hydrogens is 445 g/mol. The monoisotopic (exact) mass is 477 g/mol. The molecule has 0 bridgehead atoms. The lowest BCUT2D eigenvalue weighted by molar-refractivity contribution is -0.145. The molecule has 0 radical (unpaired) electrons. The summed E-state index contributed by atoms with van der Waals surface area (Å²) in [5, 5.41) is -0.401. The van der Waals surface area contributed by atoms with Crippen LogP contribution in [-0.2, 0) is 28.3 Å². The number of morpholine rings is 2. The topological polar surface area (TPSA) is 97.8 Å². The third-order valence-corrected chi connectivity index (χ3v) is 8.86. The number of hydrogen-bond donors (Lipinski definition) is 0. The van der Waals surface area contributed by atoms with Gasteiger partial charge in [0.05, 0.1) is 38.8 Å². The Morgan fingerprint density at radius 2 is 1.68 bits per heavy atom. The first-order chi connectivity index (χ1) is 15.0. The number of carbonyl (C=O) groups excluding carboxylic acids is 2. The second-order valence-corrected chi connectivity index (χ2v) is 10.5. The Balaban J connectivity index is 2.15. The number of hydrogen-bond acceptors (Lipinski definition) is 8. The third-order valence-electron chi connectivity index (χ3n) is 4.77. The Morgan fingerprint density at radius 1 is 1.10 bits per heavy atom. The molecule has 2 aliphatic rings. The van der Waals surface area contributed by atoms with E-state index in [2.05, 4.69) is 5.92 Å². The van der Waals surface area contributed by atoms with E-state index in [1.807, 2.05) is 16.3 Å². The van der Waals surface area contributed by atoms with Gasteiger partial charge < -0.3 is 23.8 Å². The number of esters is 1. The summed E-state index contributed by atoms with van der Waals surface area (Å²) >= 11 is 0.903. The summed E-state index contributed by atoms with van der Waals surface area (Å²) in [7, 11) is -3.19. The van der Waals surface area contributed by atoms with Crippen molar-refractivity contribution < 1.29 is 33.1 Å². The fourth-order valence-corrected chi connectivity index (χ4v) is 6.82. The highest BCUT2D eigenvalue weighted by molar-refractivity contribution is 8.13. The zero-order valence-corrected chi connectivity index (χ0v) is 19.7. The van der Waals surface area contributed by atoms with Gasteiger partial charge in [-0.3, -0.25) is 14.2 Å². The Kier molecular flexibility index (Phi) is 11.9. The normalized spacial score (nSPS) is 18.3. The van der Waals surface area contributed by atoms with Crippen molar-refractivity contribution in [2.24, 2.45) is 0 Å². The lowest BCUT2D eigenvalue weighted by Gasteiger charge is -2.43. The minimum Gasteiger partial charge on any atom is -0.462 e. The summed E-state index contributed by atoms with van der Waals surface area (Å²) in [6.07, 6.45) is 5.19. The van der Waals surface area contributed by atoms with E-state index in [1.54, 1.807) is 0 Å². The fraction of sp³-hybridized carbons (Fsp3) is 0.789. The Morgan fingerprint density at radius 3 is 2.19 bits per heavy atom. The van der Waals surface area contributed by atoms with E-state index < -0.39 is 18.7 Å². The largest absolute Gasteiger partial charge is 0.462 e. The molecule has 2 rings (SSSR count). The van der Waals surface area contributed by atoms with Crippen molar-refractivity contribution in [2.75, 3.05) is 91.0 Å². The van der Waals surface area contributed by atoms with Crippen molar-refractivity contribution in [3.63, 3.8) is 0 Å². The molecule has 0 aromatic heterocycles. The lowest BCUT2D eigenvalue weighted by Crippen LogP contribution is -2.47. The summed E-state index contributed by atoms with van der Waals surface area (Å²) in [5.74, 6) is 1.99. The van der Waals surface area contributed by atoms with Crippen LogP contribution in [0.1, 0.15) is 6.92 Å². The van der Waals surface area contributed by atoms with Gasteiger partial charge in [0.2, 0.25) is 7.44 Å². The number of nitrogens with zero attached hydrogens (tertiary/aromatic N) is 3. The van der Waals surface area contributed by atoms with Crippen molar-refractivity contribution in [2.45, 2.75) is 6.92 Å². The molecule has 0 spiro atoms. The molecule has 2 saturated heterocycles. The van der Waals surface area contributed by atoms with E-state index in [1.165, 1.54) is 4.90 Å². The second-order valence-electron chi connectivity index (χ2n) is 6.81. The van der Waals surface area contributed by atoms with Crippen LogP contribution in [0, 0.1) is 12.3 Å². The van der Waals surface area contributed by atoms with E-state index in [-0.39, 0.29) is 31.8 Å². The molecule has 0 atom stereocenters. The minimum atomic E-state index is -3.19. The maximum Gasteiger partial charge on any atom is 0.325 e. The van der Waals surface area contributed by atoms with Gasteiger partial charge in [-0.25, -0.2) is 9.34 Å². The second kappa shape index (κ2) is 14.1. The number of carbonyl (C=O) groups is 2. The summed E-state index contributed by atoms with van der Waals surface area (Å²) in [6.45, 7) is 6.27. The van der Waals surface area contributed by atoms with Gasteiger partial charge in [-0.15, -0.1) is 6.42 Å². The first kappa shape index (κ1) is 26.1. The van der Waals surface area contributed by atoms with Crippen LogP contribution < -0.4 is 0 Å². The van der Waals surface area contributed by atoms with Gasteiger partial charge in [-0.05, 0) is 6.92 Å². The van der Waals surface area contributed by atoms with Gasteiger partial charge in [0, 0.05) is 32.8 Å². The van der Waals surface area contributed by atoms with Gasteiger partial charge in [-0.2, -0.15) is 0 Å². The van der Waals surface area contributed by atoms with Crippen molar-refractivity contribution in [1.82, 2.24) is 14.2 Å². The molecule has 176 valence electrons. The van der Waals surface area contributed by atoms with Gasteiger partial charge in [0.15, 0.2) is 0 Å². The molecule has 2 fully saturated rings. The zero-order valence-electron chi connectivity index (χ0n) is 18.0. The summed E-state index contributed by atoms with van der Waals surface area (Å²) in [6, 6.07) is 0. The van der Waals surface area contributed by atoms with Gasteiger partial charge in [-0.1, -0.05) is 17.7 Å². The van der Waals surface area contributed by atoms with Gasteiger partial charge in [0.1, 0.15) is 19.4 Å². The van der Waals surface area contributed by atoms with Crippen LogP contribution in [0.3, 0.4) is 0 Å².